The van der Waals surface area contributed by atoms with Gasteiger partial charge in [-0.2, -0.15) is 5.11 Å². The zero-order valence-corrected chi connectivity index (χ0v) is 10.8. The molecule has 0 saturated carbocycles. The summed E-state index contributed by atoms with van der Waals surface area (Å²) in [7, 11) is 2.85. The number of azo groups is 1. The van der Waals surface area contributed by atoms with E-state index in [0.29, 0.717) is 11.4 Å². The first-order valence-corrected chi connectivity index (χ1v) is 5.61. The molecular weight excluding hydrogens is 264 g/mol. The van der Waals surface area contributed by atoms with Gasteiger partial charge in [0.1, 0.15) is 5.75 Å². The van der Waals surface area contributed by atoms with Crippen molar-refractivity contribution in [2.75, 3.05) is 7.11 Å². The minimum absolute atomic E-state index is 0.331. The Morgan fingerprint density at radius 2 is 1.85 bits per heavy atom. The summed E-state index contributed by atoms with van der Waals surface area (Å²) < 4.78 is 5.86. The number of ether oxygens (including phenoxy) is 1. The highest BCUT2D eigenvalue weighted by molar-refractivity contribution is 5.45. The lowest BCUT2D eigenvalue weighted by atomic mass is 10.3. The van der Waals surface area contributed by atoms with E-state index in [-0.39, 0.29) is 5.69 Å². The minimum Gasteiger partial charge on any atom is -0.497 e. The Labute approximate surface area is 113 Å². The Morgan fingerprint density at radius 1 is 1.20 bits per heavy atom. The number of hydrogen-bond donors (Lipinski definition) is 2. The maximum atomic E-state index is 11.5. The monoisotopic (exact) mass is 276 g/mol. The van der Waals surface area contributed by atoms with Crippen LogP contribution in [0.4, 0.5) is 11.4 Å². The quantitative estimate of drug-likeness (QED) is 0.821. The predicted octanol–water partition coefficient (Wildman–Crippen LogP) is 1.20. The molecule has 20 heavy (non-hydrogen) atoms. The van der Waals surface area contributed by atoms with E-state index >= 15 is 0 Å². The summed E-state index contributed by atoms with van der Waals surface area (Å²) in [6, 6.07) is 6.63. The molecule has 8 nitrogen and oxygen atoms in total. The molecule has 0 spiro atoms. The van der Waals surface area contributed by atoms with Crippen molar-refractivity contribution in [3.8, 4) is 11.6 Å². The molecular formula is C12H12N4O4. The summed E-state index contributed by atoms with van der Waals surface area (Å²) >= 11 is 0. The number of H-pyrrole nitrogens is 1. The molecule has 0 fully saturated rings. The third kappa shape index (κ3) is 2.58. The fourth-order valence-electron chi connectivity index (χ4n) is 1.44. The molecule has 0 bridgehead atoms. The highest BCUT2D eigenvalue weighted by Gasteiger charge is 2.10. The maximum Gasteiger partial charge on any atom is 0.330 e. The van der Waals surface area contributed by atoms with Crippen LogP contribution in [0.3, 0.4) is 0 Å². The maximum absolute atomic E-state index is 11.5. The van der Waals surface area contributed by atoms with E-state index < -0.39 is 17.1 Å². The van der Waals surface area contributed by atoms with Gasteiger partial charge in [0.05, 0.1) is 12.8 Å². The van der Waals surface area contributed by atoms with Crippen LogP contribution in [-0.2, 0) is 7.05 Å². The molecule has 0 saturated heterocycles. The second-order valence-corrected chi connectivity index (χ2v) is 3.89. The number of aromatic hydroxyl groups is 1. The Bertz CT molecular complexity index is 759. The standard InChI is InChI=1S/C12H12N4O4/c1-16-11(18)9(10(17)13-12(16)19)15-14-7-3-5-8(20-2)6-4-7/h3-6,18H,1-2H3,(H,13,17,19). The Kier molecular flexibility index (Phi) is 3.65. The average Bonchev–Trinajstić information content (AvgIpc) is 2.45. The van der Waals surface area contributed by atoms with E-state index in [9.17, 15) is 14.7 Å². The SMILES string of the molecule is COc1ccc(N=Nc2c(O)n(C)c(=O)[nH]c2=O)cc1. The normalized spacial score (nSPS) is 10.9. The van der Waals surface area contributed by atoms with Crippen LogP contribution in [0.5, 0.6) is 11.6 Å². The van der Waals surface area contributed by atoms with Gasteiger partial charge in [-0.15, -0.1) is 5.11 Å². The summed E-state index contributed by atoms with van der Waals surface area (Å²) in [5.74, 6) is 0.114. The molecule has 0 unspecified atom stereocenters. The summed E-state index contributed by atoms with van der Waals surface area (Å²) in [5, 5.41) is 17.2. The number of nitrogens with one attached hydrogen (secondary N) is 1. The molecule has 2 aromatic rings. The topological polar surface area (TPSA) is 109 Å². The molecule has 0 aliphatic carbocycles. The summed E-state index contributed by atoms with van der Waals surface area (Å²) in [4.78, 5) is 24.8. The lowest BCUT2D eigenvalue weighted by Crippen LogP contribution is -2.27. The van der Waals surface area contributed by atoms with Gasteiger partial charge in [0.2, 0.25) is 11.6 Å². The van der Waals surface area contributed by atoms with Crippen molar-refractivity contribution >= 4 is 11.4 Å². The van der Waals surface area contributed by atoms with E-state index in [1.807, 2.05) is 4.98 Å². The van der Waals surface area contributed by atoms with Crippen LogP contribution >= 0.6 is 0 Å². The summed E-state index contributed by atoms with van der Waals surface area (Å²) in [6.45, 7) is 0. The van der Waals surface area contributed by atoms with Crippen molar-refractivity contribution in [3.63, 3.8) is 0 Å². The third-order valence-electron chi connectivity index (χ3n) is 2.61. The van der Waals surface area contributed by atoms with Crippen LogP contribution in [0.2, 0.25) is 0 Å². The number of benzene rings is 1. The molecule has 2 N–H and O–H groups in total. The number of aromatic nitrogens is 2. The number of nitrogens with zero attached hydrogens (tertiary/aromatic N) is 3. The molecule has 0 aliphatic rings. The van der Waals surface area contributed by atoms with Crippen LogP contribution in [0, 0.1) is 0 Å². The second-order valence-electron chi connectivity index (χ2n) is 3.89. The van der Waals surface area contributed by atoms with Gasteiger partial charge in [0.25, 0.3) is 5.56 Å². The highest BCUT2D eigenvalue weighted by atomic mass is 16.5. The number of aromatic amines is 1. The first kappa shape index (κ1) is 13.5. The van der Waals surface area contributed by atoms with Crippen molar-refractivity contribution in [2.24, 2.45) is 17.3 Å². The molecule has 1 aromatic carbocycles. The average molecular weight is 276 g/mol. The minimum atomic E-state index is -0.803. The third-order valence-corrected chi connectivity index (χ3v) is 2.61. The van der Waals surface area contributed by atoms with Gasteiger partial charge in [0.15, 0.2) is 0 Å². The predicted molar refractivity (Wildman–Crippen MR) is 71.1 cm³/mol. The van der Waals surface area contributed by atoms with Crippen LogP contribution in [0.15, 0.2) is 44.1 Å². The zero-order valence-electron chi connectivity index (χ0n) is 10.8. The molecule has 2 rings (SSSR count). The van der Waals surface area contributed by atoms with Crippen molar-refractivity contribution in [2.45, 2.75) is 0 Å². The molecule has 1 aromatic heterocycles. The van der Waals surface area contributed by atoms with Gasteiger partial charge in [0, 0.05) is 7.05 Å². The van der Waals surface area contributed by atoms with Crippen LogP contribution < -0.4 is 16.0 Å². The van der Waals surface area contributed by atoms with E-state index in [0.717, 1.165) is 4.57 Å². The van der Waals surface area contributed by atoms with Crippen molar-refractivity contribution in [1.82, 2.24) is 9.55 Å². The largest absolute Gasteiger partial charge is 0.497 e. The second kappa shape index (κ2) is 5.39. The summed E-state index contributed by atoms with van der Waals surface area (Å²) in [5.41, 5.74) is -1.39. The molecule has 104 valence electrons. The first-order valence-electron chi connectivity index (χ1n) is 5.61. The van der Waals surface area contributed by atoms with Gasteiger partial charge in [-0.1, -0.05) is 0 Å². The zero-order chi connectivity index (χ0) is 14.7. The fraction of sp³-hybridized carbons (Fsp3) is 0.167. The molecule has 8 heteroatoms. The van der Waals surface area contributed by atoms with Crippen LogP contribution in [-0.4, -0.2) is 21.8 Å². The van der Waals surface area contributed by atoms with Crippen molar-refractivity contribution in [3.05, 3.63) is 45.1 Å². The van der Waals surface area contributed by atoms with Gasteiger partial charge >= 0.3 is 5.69 Å². The molecule has 0 amide bonds. The van der Waals surface area contributed by atoms with E-state index in [1.54, 1.807) is 31.4 Å². The Hall–Kier alpha value is -2.90. The van der Waals surface area contributed by atoms with Gasteiger partial charge in [-0.25, -0.2) is 4.79 Å². The Balaban J connectivity index is 2.38. The lowest BCUT2D eigenvalue weighted by Gasteiger charge is -2.02. The molecule has 0 atom stereocenters. The Morgan fingerprint density at radius 3 is 2.45 bits per heavy atom. The van der Waals surface area contributed by atoms with Crippen molar-refractivity contribution < 1.29 is 9.84 Å². The number of rotatable bonds is 3. The van der Waals surface area contributed by atoms with Crippen LogP contribution in [0.1, 0.15) is 0 Å². The number of methoxy groups -OCH3 is 1. The smallest absolute Gasteiger partial charge is 0.330 e. The van der Waals surface area contributed by atoms with E-state index in [4.69, 9.17) is 4.74 Å². The molecule has 0 aliphatic heterocycles. The van der Waals surface area contributed by atoms with Crippen LogP contribution in [0.25, 0.3) is 0 Å². The number of hydrogen-bond acceptors (Lipinski definition) is 6. The lowest BCUT2D eigenvalue weighted by molar-refractivity contribution is 0.415. The fourth-order valence-corrected chi connectivity index (χ4v) is 1.44. The first-order chi connectivity index (χ1) is 9.52. The van der Waals surface area contributed by atoms with E-state index in [1.165, 1.54) is 7.05 Å². The van der Waals surface area contributed by atoms with Gasteiger partial charge in [-0.05, 0) is 24.3 Å². The van der Waals surface area contributed by atoms with Crippen molar-refractivity contribution in [1.29, 1.82) is 0 Å². The molecule has 1 heterocycles. The highest BCUT2D eigenvalue weighted by Crippen LogP contribution is 2.23. The molecule has 0 radical (unpaired) electrons. The summed E-state index contributed by atoms with van der Waals surface area (Å²) in [6.07, 6.45) is 0. The van der Waals surface area contributed by atoms with Gasteiger partial charge in [-0.3, -0.25) is 14.3 Å². The van der Waals surface area contributed by atoms with Gasteiger partial charge < -0.3 is 9.84 Å². The van der Waals surface area contributed by atoms with E-state index in [2.05, 4.69) is 10.2 Å².